The molecule has 2 aromatic rings. The summed E-state index contributed by atoms with van der Waals surface area (Å²) in [6, 6.07) is 4.53. The Morgan fingerprint density at radius 2 is 1.86 bits per heavy atom. The molecule has 2 amide bonds. The van der Waals surface area contributed by atoms with Crippen LogP contribution in [-0.2, 0) is 12.8 Å². The van der Waals surface area contributed by atoms with Crippen LogP contribution in [0.3, 0.4) is 0 Å². The van der Waals surface area contributed by atoms with E-state index in [4.69, 9.17) is 5.73 Å². The van der Waals surface area contributed by atoms with Gasteiger partial charge in [-0.1, -0.05) is 0 Å². The molecule has 2 aliphatic rings. The predicted octanol–water partition coefficient (Wildman–Crippen LogP) is 3.49. The summed E-state index contributed by atoms with van der Waals surface area (Å²) in [5.74, 6) is -1.04. The molecule has 152 valence electrons. The maximum absolute atomic E-state index is 12.8. The monoisotopic (exact) mass is 414 g/mol. The van der Waals surface area contributed by atoms with Crippen molar-refractivity contribution >= 4 is 39.5 Å². The number of anilines is 2. The predicted molar refractivity (Wildman–Crippen MR) is 112 cm³/mol. The zero-order valence-corrected chi connectivity index (χ0v) is 16.7. The Kier molecular flexibility index (Phi) is 5.23. The number of rotatable bonds is 5. The third-order valence-corrected chi connectivity index (χ3v) is 6.73. The summed E-state index contributed by atoms with van der Waals surface area (Å²) in [6.45, 7) is 1.55. The topological polar surface area (TPSA) is 119 Å². The second-order valence-corrected chi connectivity index (χ2v) is 8.49. The van der Waals surface area contributed by atoms with Crippen LogP contribution >= 0.6 is 11.3 Å². The number of nitro groups is 1. The fourth-order valence-electron chi connectivity index (χ4n) is 4.13. The van der Waals surface area contributed by atoms with Crippen LogP contribution in [0.1, 0.15) is 56.8 Å². The number of aryl methyl sites for hydroxylation is 1. The molecule has 1 aromatic heterocycles. The minimum atomic E-state index is -0.560. The first-order valence-electron chi connectivity index (χ1n) is 9.75. The number of amides is 2. The van der Waals surface area contributed by atoms with E-state index in [1.54, 1.807) is 12.1 Å². The Morgan fingerprint density at radius 3 is 2.55 bits per heavy atom. The number of hydrogen-bond donors (Lipinski definition) is 2. The highest BCUT2D eigenvalue weighted by Gasteiger charge is 2.27. The van der Waals surface area contributed by atoms with E-state index in [0.717, 1.165) is 62.1 Å². The molecule has 4 rings (SSSR count). The van der Waals surface area contributed by atoms with Gasteiger partial charge in [0.2, 0.25) is 0 Å². The summed E-state index contributed by atoms with van der Waals surface area (Å²) in [6.07, 6.45) is 5.67. The molecule has 1 aliphatic carbocycles. The maximum Gasteiger partial charge on any atom is 0.293 e. The van der Waals surface area contributed by atoms with Crippen LogP contribution in [0.4, 0.5) is 16.4 Å². The van der Waals surface area contributed by atoms with Crippen molar-refractivity contribution in [3.63, 3.8) is 0 Å². The van der Waals surface area contributed by atoms with E-state index in [1.807, 2.05) is 4.90 Å². The number of nitrogens with one attached hydrogen (secondary N) is 1. The maximum atomic E-state index is 12.8. The van der Waals surface area contributed by atoms with Crippen LogP contribution in [0.5, 0.6) is 0 Å². The molecule has 0 spiro atoms. The van der Waals surface area contributed by atoms with E-state index in [1.165, 1.54) is 17.4 Å². The highest BCUT2D eigenvalue weighted by molar-refractivity contribution is 7.17. The molecule has 0 atom stereocenters. The summed E-state index contributed by atoms with van der Waals surface area (Å²) in [5, 5.41) is 14.8. The van der Waals surface area contributed by atoms with Crippen LogP contribution < -0.4 is 16.0 Å². The third kappa shape index (κ3) is 3.69. The van der Waals surface area contributed by atoms with Gasteiger partial charge in [-0.25, -0.2) is 0 Å². The number of carbonyl (C=O) groups excluding carboxylic acids is 2. The lowest BCUT2D eigenvalue weighted by molar-refractivity contribution is -0.384. The number of primary amides is 1. The Labute approximate surface area is 171 Å². The standard InChI is InChI=1S/C20H22N4O4S/c21-18(25)17-13-5-1-2-6-16(13)29-20(17)22-19(26)12-7-8-14(15(11-12)24(27)28)23-9-3-4-10-23/h7-8,11H,1-6,9-10H2,(H2,21,25)(H,22,26). The highest BCUT2D eigenvalue weighted by atomic mass is 32.1. The average Bonchev–Trinajstić information content (AvgIpc) is 3.34. The lowest BCUT2D eigenvalue weighted by Crippen LogP contribution is -2.20. The lowest BCUT2D eigenvalue weighted by Gasteiger charge is -2.17. The largest absolute Gasteiger partial charge is 0.366 e. The molecule has 1 aliphatic heterocycles. The number of fused-ring (bicyclic) bond motifs is 1. The molecule has 2 heterocycles. The van der Waals surface area contributed by atoms with E-state index in [-0.39, 0.29) is 11.3 Å². The smallest absolute Gasteiger partial charge is 0.293 e. The molecule has 0 unspecified atom stereocenters. The number of nitrogens with two attached hydrogens (primary N) is 1. The van der Waals surface area contributed by atoms with E-state index in [2.05, 4.69) is 5.32 Å². The molecule has 1 saturated heterocycles. The number of nitrogens with zero attached hydrogens (tertiary/aromatic N) is 2. The second kappa shape index (κ2) is 7.82. The lowest BCUT2D eigenvalue weighted by atomic mass is 9.95. The normalized spacial score (nSPS) is 15.8. The molecule has 1 aromatic carbocycles. The molecule has 29 heavy (non-hydrogen) atoms. The number of thiophene rings is 1. The zero-order valence-electron chi connectivity index (χ0n) is 15.9. The summed E-state index contributed by atoms with van der Waals surface area (Å²) in [5.41, 5.74) is 7.51. The third-order valence-electron chi connectivity index (χ3n) is 5.53. The zero-order chi connectivity index (χ0) is 20.5. The highest BCUT2D eigenvalue weighted by Crippen LogP contribution is 2.38. The number of hydrogen-bond acceptors (Lipinski definition) is 6. The number of carbonyl (C=O) groups is 2. The summed E-state index contributed by atoms with van der Waals surface area (Å²) in [4.78, 5) is 39.0. The van der Waals surface area contributed by atoms with E-state index < -0.39 is 16.7 Å². The summed E-state index contributed by atoms with van der Waals surface area (Å²) >= 11 is 1.37. The molecular formula is C20H22N4O4S. The fourth-order valence-corrected chi connectivity index (χ4v) is 5.42. The van der Waals surface area contributed by atoms with Crippen LogP contribution in [0.15, 0.2) is 18.2 Å². The van der Waals surface area contributed by atoms with E-state index in [9.17, 15) is 19.7 Å². The molecule has 8 nitrogen and oxygen atoms in total. The van der Waals surface area contributed by atoms with Gasteiger partial charge in [0.05, 0.1) is 10.5 Å². The molecule has 1 fully saturated rings. The van der Waals surface area contributed by atoms with Crippen molar-refractivity contribution in [3.8, 4) is 0 Å². The van der Waals surface area contributed by atoms with Gasteiger partial charge in [0.1, 0.15) is 10.7 Å². The van der Waals surface area contributed by atoms with Crippen LogP contribution in [0, 0.1) is 10.1 Å². The first kappa shape index (κ1) is 19.4. The van der Waals surface area contributed by atoms with Crippen molar-refractivity contribution in [2.75, 3.05) is 23.3 Å². The van der Waals surface area contributed by atoms with Gasteiger partial charge in [-0.15, -0.1) is 11.3 Å². The van der Waals surface area contributed by atoms with Crippen LogP contribution in [-0.4, -0.2) is 29.8 Å². The fraction of sp³-hybridized carbons (Fsp3) is 0.400. The average molecular weight is 414 g/mol. The Hall–Kier alpha value is -2.94. The SMILES string of the molecule is NC(=O)c1c(NC(=O)c2ccc(N3CCCC3)c([N+](=O)[O-])c2)sc2c1CCCC2. The number of nitro benzene ring substituents is 1. The van der Waals surface area contributed by atoms with E-state index in [0.29, 0.717) is 16.3 Å². The molecule has 0 bridgehead atoms. The summed E-state index contributed by atoms with van der Waals surface area (Å²) < 4.78 is 0. The van der Waals surface area contributed by atoms with Gasteiger partial charge >= 0.3 is 0 Å². The van der Waals surface area contributed by atoms with Crippen molar-refractivity contribution in [3.05, 3.63) is 49.9 Å². The molecule has 9 heteroatoms. The molecule has 0 saturated carbocycles. The quantitative estimate of drug-likeness (QED) is 0.573. The Balaban J connectivity index is 1.64. The van der Waals surface area contributed by atoms with Gasteiger partial charge in [-0.3, -0.25) is 19.7 Å². The molecule has 0 radical (unpaired) electrons. The van der Waals surface area contributed by atoms with Crippen molar-refractivity contribution in [2.45, 2.75) is 38.5 Å². The summed E-state index contributed by atoms with van der Waals surface area (Å²) in [7, 11) is 0. The van der Waals surface area contributed by atoms with Gasteiger partial charge in [0.25, 0.3) is 17.5 Å². The number of benzene rings is 1. The van der Waals surface area contributed by atoms with Crippen LogP contribution in [0.2, 0.25) is 0 Å². The van der Waals surface area contributed by atoms with Crippen molar-refractivity contribution in [2.24, 2.45) is 5.73 Å². The van der Waals surface area contributed by atoms with Crippen molar-refractivity contribution < 1.29 is 14.5 Å². The first-order chi connectivity index (χ1) is 14.0. The Bertz CT molecular complexity index is 995. The van der Waals surface area contributed by atoms with Gasteiger partial charge < -0.3 is 16.0 Å². The van der Waals surface area contributed by atoms with Crippen molar-refractivity contribution in [1.82, 2.24) is 0 Å². The van der Waals surface area contributed by atoms with Gasteiger partial charge in [0, 0.05) is 29.6 Å². The van der Waals surface area contributed by atoms with Gasteiger partial charge in [-0.05, 0) is 56.2 Å². The van der Waals surface area contributed by atoms with Gasteiger partial charge in [-0.2, -0.15) is 0 Å². The molecule has 3 N–H and O–H groups in total. The second-order valence-electron chi connectivity index (χ2n) is 7.39. The minimum absolute atomic E-state index is 0.0832. The first-order valence-corrected chi connectivity index (χ1v) is 10.6. The minimum Gasteiger partial charge on any atom is -0.366 e. The van der Waals surface area contributed by atoms with Gasteiger partial charge in [0.15, 0.2) is 0 Å². The Morgan fingerprint density at radius 1 is 1.14 bits per heavy atom. The van der Waals surface area contributed by atoms with Crippen molar-refractivity contribution in [1.29, 1.82) is 0 Å². The molecular weight excluding hydrogens is 392 g/mol. The van der Waals surface area contributed by atoms with E-state index >= 15 is 0 Å². The van der Waals surface area contributed by atoms with Crippen LogP contribution in [0.25, 0.3) is 0 Å².